The summed E-state index contributed by atoms with van der Waals surface area (Å²) in [5.41, 5.74) is 18.1. The van der Waals surface area contributed by atoms with Gasteiger partial charge in [-0.25, -0.2) is 0 Å². The third-order valence-corrected chi connectivity index (χ3v) is 15.2. The highest BCUT2D eigenvalue weighted by atomic mass is 16.5. The highest BCUT2D eigenvalue weighted by molar-refractivity contribution is 5.76. The number of hydrogen-bond donors (Lipinski definition) is 3. The van der Waals surface area contributed by atoms with Gasteiger partial charge in [-0.05, 0) is 144 Å². The predicted molar refractivity (Wildman–Crippen MR) is 219 cm³/mol. The van der Waals surface area contributed by atoms with Crippen molar-refractivity contribution in [3.63, 3.8) is 0 Å². The molecule has 310 valence electrons. The van der Waals surface area contributed by atoms with Crippen molar-refractivity contribution in [2.45, 2.75) is 181 Å². The van der Waals surface area contributed by atoms with Gasteiger partial charge < -0.3 is 36.3 Å². The maximum atomic E-state index is 13.9. The van der Waals surface area contributed by atoms with Crippen LogP contribution in [-0.2, 0) is 19.0 Å². The number of nitrogens with two attached hydrogens (primary N) is 3. The standard InChI is InChI=1S/C45H86N4O4/c1-6-8-10-12-26-49(27-13-11-9-7-2)42(50)20-17-34(3)37-18-19-38-43-39(33-41(45(37,38)5)53-30-16-25-48)44(4)22-21-36(51-28-14-23-46)31-35(44)32-40(43)52-29-15-24-47/h34-41,43H,6-33,46-48H2,1-5H3/t34-,35?,36-,37?,38+,39+,40?,41+,43?,44?,45?/m1/s1. The second-order valence-electron chi connectivity index (χ2n) is 18.5. The lowest BCUT2D eigenvalue weighted by Gasteiger charge is -2.65. The van der Waals surface area contributed by atoms with Crippen LogP contribution in [0.25, 0.3) is 0 Å². The Morgan fingerprint density at radius 1 is 0.736 bits per heavy atom. The monoisotopic (exact) mass is 747 g/mol. The minimum atomic E-state index is 0.0550. The molecule has 1 amide bonds. The van der Waals surface area contributed by atoms with Crippen molar-refractivity contribution in [1.29, 1.82) is 0 Å². The zero-order valence-electron chi connectivity index (χ0n) is 35.3. The van der Waals surface area contributed by atoms with Crippen LogP contribution in [0.5, 0.6) is 0 Å². The molecule has 0 aromatic heterocycles. The fraction of sp³-hybridized carbons (Fsp3) is 0.978. The summed E-state index contributed by atoms with van der Waals surface area (Å²) in [4.78, 5) is 16.1. The summed E-state index contributed by atoms with van der Waals surface area (Å²) in [5.74, 6) is 3.63. The van der Waals surface area contributed by atoms with Gasteiger partial charge in [-0.15, -0.1) is 0 Å². The van der Waals surface area contributed by atoms with Gasteiger partial charge in [0.2, 0.25) is 5.91 Å². The molecule has 0 bridgehead atoms. The van der Waals surface area contributed by atoms with Crippen LogP contribution in [0.4, 0.5) is 0 Å². The first-order valence-electron chi connectivity index (χ1n) is 22.9. The van der Waals surface area contributed by atoms with Gasteiger partial charge >= 0.3 is 0 Å². The van der Waals surface area contributed by atoms with E-state index in [-0.39, 0.29) is 23.0 Å². The van der Waals surface area contributed by atoms with E-state index in [2.05, 4.69) is 39.5 Å². The number of carbonyl (C=O) groups excluding carboxylic acids is 1. The Balaban J connectivity index is 1.54. The zero-order valence-corrected chi connectivity index (χ0v) is 35.3. The van der Waals surface area contributed by atoms with E-state index in [1.54, 1.807) is 0 Å². The van der Waals surface area contributed by atoms with Crippen molar-refractivity contribution in [2.24, 2.45) is 63.5 Å². The molecule has 4 aliphatic rings. The Labute approximate surface area is 326 Å². The lowest BCUT2D eigenvalue weighted by atomic mass is 9.43. The zero-order chi connectivity index (χ0) is 38.3. The Morgan fingerprint density at radius 2 is 1.36 bits per heavy atom. The molecular weight excluding hydrogens is 661 g/mol. The maximum absolute atomic E-state index is 13.9. The van der Waals surface area contributed by atoms with Crippen molar-refractivity contribution < 1.29 is 19.0 Å². The van der Waals surface area contributed by atoms with Crippen LogP contribution in [0.3, 0.4) is 0 Å². The minimum Gasteiger partial charge on any atom is -0.378 e. The van der Waals surface area contributed by atoms with Crippen LogP contribution in [0, 0.1) is 46.3 Å². The number of carbonyl (C=O) groups is 1. The molecule has 11 atom stereocenters. The van der Waals surface area contributed by atoms with Gasteiger partial charge in [0.15, 0.2) is 0 Å². The van der Waals surface area contributed by atoms with Crippen molar-refractivity contribution >= 4 is 5.91 Å². The third-order valence-electron chi connectivity index (χ3n) is 15.2. The Bertz CT molecular complexity index is 1020. The van der Waals surface area contributed by atoms with Crippen LogP contribution in [0.1, 0.15) is 163 Å². The smallest absolute Gasteiger partial charge is 0.222 e. The van der Waals surface area contributed by atoms with Gasteiger partial charge in [-0.3, -0.25) is 4.79 Å². The summed E-state index contributed by atoms with van der Waals surface area (Å²) in [5, 5.41) is 0. The van der Waals surface area contributed by atoms with E-state index < -0.39 is 0 Å². The van der Waals surface area contributed by atoms with Crippen molar-refractivity contribution in [2.75, 3.05) is 52.5 Å². The van der Waals surface area contributed by atoms with Crippen molar-refractivity contribution in [1.82, 2.24) is 4.90 Å². The fourth-order valence-electron chi connectivity index (χ4n) is 12.1. The average molecular weight is 747 g/mol. The molecule has 0 aliphatic heterocycles. The Morgan fingerprint density at radius 3 is 1.98 bits per heavy atom. The normalized spacial score (nSPS) is 34.3. The molecule has 0 spiro atoms. The summed E-state index contributed by atoms with van der Waals surface area (Å²) in [6.07, 6.45) is 23.0. The third kappa shape index (κ3) is 11.4. The largest absolute Gasteiger partial charge is 0.378 e. The van der Waals surface area contributed by atoms with Gasteiger partial charge in [0, 0.05) is 44.7 Å². The average Bonchev–Trinajstić information content (AvgIpc) is 3.51. The second-order valence-corrected chi connectivity index (χ2v) is 18.5. The molecule has 0 heterocycles. The van der Waals surface area contributed by atoms with E-state index in [9.17, 15) is 4.79 Å². The number of amides is 1. The first-order chi connectivity index (χ1) is 25.7. The topological polar surface area (TPSA) is 126 Å². The molecule has 4 saturated carbocycles. The number of hydrogen-bond acceptors (Lipinski definition) is 7. The first kappa shape index (κ1) is 44.9. The molecule has 53 heavy (non-hydrogen) atoms. The lowest BCUT2D eigenvalue weighted by Crippen LogP contribution is -2.63. The van der Waals surface area contributed by atoms with E-state index in [1.807, 2.05) is 0 Å². The number of rotatable bonds is 26. The summed E-state index contributed by atoms with van der Waals surface area (Å²) in [6.45, 7) is 18.3. The molecule has 8 nitrogen and oxygen atoms in total. The van der Waals surface area contributed by atoms with Crippen LogP contribution in [0.15, 0.2) is 0 Å². The predicted octanol–water partition coefficient (Wildman–Crippen LogP) is 8.47. The Kier molecular flexibility index (Phi) is 19.4. The summed E-state index contributed by atoms with van der Waals surface area (Å²) < 4.78 is 20.4. The van der Waals surface area contributed by atoms with Gasteiger partial charge in [-0.2, -0.15) is 0 Å². The quantitative estimate of drug-likeness (QED) is 0.0759. The molecule has 4 rings (SSSR count). The number of ether oxygens (including phenoxy) is 3. The van der Waals surface area contributed by atoms with Gasteiger partial charge in [0.05, 0.1) is 18.3 Å². The SMILES string of the molecule is CCCCCCN(CCCCCC)C(=O)CC[C@@H](C)C1CC[C@H]2C3C(OCCCN)CC4C[C@H](OCCCN)CCC4(C)[C@H]3C[C@H](OCCCN)C12C. The maximum Gasteiger partial charge on any atom is 0.222 e. The fourth-order valence-corrected chi connectivity index (χ4v) is 12.1. The lowest BCUT2D eigenvalue weighted by molar-refractivity contribution is -0.227. The minimum absolute atomic E-state index is 0.0550. The van der Waals surface area contributed by atoms with Crippen molar-refractivity contribution in [3.05, 3.63) is 0 Å². The van der Waals surface area contributed by atoms with Crippen LogP contribution >= 0.6 is 0 Å². The molecule has 6 N–H and O–H groups in total. The van der Waals surface area contributed by atoms with Crippen LogP contribution < -0.4 is 17.2 Å². The second kappa shape index (κ2) is 22.8. The molecule has 4 fully saturated rings. The van der Waals surface area contributed by atoms with Gasteiger partial charge in [0.25, 0.3) is 0 Å². The number of fused-ring (bicyclic) bond motifs is 5. The van der Waals surface area contributed by atoms with E-state index >= 15 is 0 Å². The molecule has 0 aromatic rings. The van der Waals surface area contributed by atoms with Crippen molar-refractivity contribution in [3.8, 4) is 0 Å². The van der Waals surface area contributed by atoms with Crippen LogP contribution in [-0.4, -0.2) is 81.7 Å². The molecule has 0 radical (unpaired) electrons. The van der Waals surface area contributed by atoms with E-state index in [1.165, 1.54) is 57.8 Å². The van der Waals surface area contributed by atoms with E-state index in [4.69, 9.17) is 31.4 Å². The number of nitrogens with zero attached hydrogens (tertiary/aromatic N) is 1. The molecule has 4 aliphatic carbocycles. The highest BCUT2D eigenvalue weighted by Gasteiger charge is 2.66. The van der Waals surface area contributed by atoms with Crippen LogP contribution in [0.2, 0.25) is 0 Å². The molecule has 8 heteroatoms. The summed E-state index contributed by atoms with van der Waals surface area (Å²) in [6, 6.07) is 0. The van der Waals surface area contributed by atoms with E-state index in [0.717, 1.165) is 97.1 Å². The molecular formula is C45H86N4O4. The van der Waals surface area contributed by atoms with Gasteiger partial charge in [-0.1, -0.05) is 73.1 Å². The summed E-state index contributed by atoms with van der Waals surface area (Å²) >= 11 is 0. The highest BCUT2D eigenvalue weighted by Crippen LogP contribution is 2.69. The Hall–Kier alpha value is -0.770. The molecule has 0 saturated heterocycles. The van der Waals surface area contributed by atoms with Gasteiger partial charge in [0.1, 0.15) is 0 Å². The molecule has 0 aromatic carbocycles. The number of unbranched alkanes of at least 4 members (excludes halogenated alkanes) is 6. The van der Waals surface area contributed by atoms with E-state index in [0.29, 0.717) is 73.6 Å². The first-order valence-corrected chi connectivity index (χ1v) is 22.9. The molecule has 6 unspecified atom stereocenters. The summed E-state index contributed by atoms with van der Waals surface area (Å²) in [7, 11) is 0.